The van der Waals surface area contributed by atoms with E-state index < -0.39 is 0 Å². The summed E-state index contributed by atoms with van der Waals surface area (Å²) in [7, 11) is 0. The van der Waals surface area contributed by atoms with Crippen LogP contribution in [-0.4, -0.2) is 69.1 Å². The quantitative estimate of drug-likeness (QED) is 0.615. The zero-order valence-electron chi connectivity index (χ0n) is 17.8. The molecule has 0 radical (unpaired) electrons. The molecule has 3 aliphatic rings. The molecule has 164 valence electrons. The van der Waals surface area contributed by atoms with Crippen LogP contribution >= 0.6 is 11.6 Å². The van der Waals surface area contributed by atoms with E-state index in [1.807, 2.05) is 18.2 Å². The molecule has 1 aromatic carbocycles. The predicted octanol–water partition coefficient (Wildman–Crippen LogP) is 0.101. The highest BCUT2D eigenvalue weighted by Gasteiger charge is 2.34. The van der Waals surface area contributed by atoms with Gasteiger partial charge in [-0.3, -0.25) is 9.59 Å². The lowest BCUT2D eigenvalue weighted by Gasteiger charge is -2.41. The Labute approximate surface area is 184 Å². The van der Waals surface area contributed by atoms with Crippen LogP contribution in [0.4, 0.5) is 5.69 Å². The number of para-hydroxylation sites is 1. The molecule has 30 heavy (non-hydrogen) atoms. The molecule has 1 saturated carbocycles. The first-order valence-corrected chi connectivity index (χ1v) is 12.0. The topological polar surface area (TPSA) is 58.3 Å². The third-order valence-electron chi connectivity index (χ3n) is 7.27. The fraction of sp³-hybridized carbons (Fsp3) is 0.652. The Kier molecular flexibility index (Phi) is 7.28. The minimum atomic E-state index is -0.00650. The van der Waals surface area contributed by atoms with Crippen LogP contribution < -0.4 is 15.1 Å². The molecule has 3 fully saturated rings. The van der Waals surface area contributed by atoms with Crippen LogP contribution in [0.25, 0.3) is 0 Å². The van der Waals surface area contributed by atoms with Gasteiger partial charge in [-0.15, -0.1) is 0 Å². The van der Waals surface area contributed by atoms with E-state index in [0.29, 0.717) is 29.7 Å². The van der Waals surface area contributed by atoms with E-state index >= 15 is 0 Å². The Bertz CT molecular complexity index is 750. The third kappa shape index (κ3) is 5.54. The number of nitrogens with zero attached hydrogens (tertiary/aromatic N) is 1. The SMILES string of the molecule is O=C(C[NH+]1CC[NH+](CC(=O)N2CC[C@H]3CCCC[C@H]3C2)CC1)Nc1ccccc1Cl. The summed E-state index contributed by atoms with van der Waals surface area (Å²) in [6.45, 7) is 6.72. The van der Waals surface area contributed by atoms with Crippen molar-refractivity contribution in [2.45, 2.75) is 32.1 Å². The number of hydrogen-bond donors (Lipinski definition) is 3. The van der Waals surface area contributed by atoms with Crippen LogP contribution in [0.3, 0.4) is 0 Å². The Morgan fingerprint density at radius 3 is 2.37 bits per heavy atom. The maximum atomic E-state index is 12.9. The molecular formula is C23H35ClN4O2+2. The summed E-state index contributed by atoms with van der Waals surface area (Å²) in [6.07, 6.45) is 6.59. The second-order valence-electron chi connectivity index (χ2n) is 9.31. The van der Waals surface area contributed by atoms with Gasteiger partial charge in [-0.05, 0) is 36.8 Å². The summed E-state index contributed by atoms with van der Waals surface area (Å²) in [5, 5.41) is 3.47. The molecule has 2 atom stereocenters. The fourth-order valence-electron chi connectivity index (χ4n) is 5.45. The van der Waals surface area contributed by atoms with E-state index in [0.717, 1.165) is 51.1 Å². The maximum Gasteiger partial charge on any atom is 0.279 e. The first-order chi connectivity index (χ1) is 14.6. The van der Waals surface area contributed by atoms with Crippen LogP contribution in [0.1, 0.15) is 32.1 Å². The number of rotatable bonds is 5. The molecule has 0 aromatic heterocycles. The predicted molar refractivity (Wildman–Crippen MR) is 118 cm³/mol. The Hall–Kier alpha value is -1.63. The van der Waals surface area contributed by atoms with Crippen molar-refractivity contribution in [1.82, 2.24) is 4.90 Å². The van der Waals surface area contributed by atoms with Crippen molar-refractivity contribution in [3.05, 3.63) is 29.3 Å². The van der Waals surface area contributed by atoms with Gasteiger partial charge < -0.3 is 20.0 Å². The van der Waals surface area contributed by atoms with Gasteiger partial charge >= 0.3 is 0 Å². The summed E-state index contributed by atoms with van der Waals surface area (Å²) in [4.78, 5) is 30.0. The Morgan fingerprint density at radius 2 is 1.63 bits per heavy atom. The number of piperidine rings is 1. The molecule has 7 heteroatoms. The number of halogens is 1. The minimum absolute atomic E-state index is 0.00650. The molecule has 4 rings (SSSR count). The lowest BCUT2D eigenvalue weighted by Crippen LogP contribution is -3.28. The van der Waals surface area contributed by atoms with Gasteiger partial charge in [0.15, 0.2) is 13.1 Å². The van der Waals surface area contributed by atoms with Gasteiger partial charge in [0, 0.05) is 13.1 Å². The van der Waals surface area contributed by atoms with E-state index in [2.05, 4.69) is 10.2 Å². The van der Waals surface area contributed by atoms with E-state index in [1.54, 1.807) is 6.07 Å². The summed E-state index contributed by atoms with van der Waals surface area (Å²) < 4.78 is 0. The first-order valence-electron chi connectivity index (χ1n) is 11.6. The van der Waals surface area contributed by atoms with E-state index in [-0.39, 0.29) is 5.91 Å². The molecule has 2 amide bonds. The van der Waals surface area contributed by atoms with Crippen LogP contribution in [0.5, 0.6) is 0 Å². The average Bonchev–Trinajstić information content (AvgIpc) is 2.76. The van der Waals surface area contributed by atoms with Crippen molar-refractivity contribution >= 4 is 29.1 Å². The van der Waals surface area contributed by atoms with Crippen molar-refractivity contribution < 1.29 is 19.4 Å². The highest BCUT2D eigenvalue weighted by Crippen LogP contribution is 2.35. The molecule has 2 heterocycles. The number of amides is 2. The van der Waals surface area contributed by atoms with Crippen LogP contribution in [-0.2, 0) is 9.59 Å². The number of anilines is 1. The highest BCUT2D eigenvalue weighted by molar-refractivity contribution is 6.33. The smallest absolute Gasteiger partial charge is 0.279 e. The highest BCUT2D eigenvalue weighted by atomic mass is 35.5. The van der Waals surface area contributed by atoms with Gasteiger partial charge in [-0.1, -0.05) is 43.0 Å². The van der Waals surface area contributed by atoms with Crippen molar-refractivity contribution in [3.63, 3.8) is 0 Å². The number of carbonyl (C=O) groups excluding carboxylic acids is 2. The Balaban J connectivity index is 1.18. The van der Waals surface area contributed by atoms with Crippen molar-refractivity contribution in [3.8, 4) is 0 Å². The molecule has 3 N–H and O–H groups in total. The van der Waals surface area contributed by atoms with Gasteiger partial charge in [-0.2, -0.15) is 0 Å². The maximum absolute atomic E-state index is 12.9. The van der Waals surface area contributed by atoms with Gasteiger partial charge in [0.1, 0.15) is 26.2 Å². The summed E-state index contributed by atoms with van der Waals surface area (Å²) in [5.41, 5.74) is 0.667. The normalized spacial score (nSPS) is 29.2. The molecular weight excluding hydrogens is 400 g/mol. The summed E-state index contributed by atoms with van der Waals surface area (Å²) >= 11 is 6.12. The summed E-state index contributed by atoms with van der Waals surface area (Å²) in [6, 6.07) is 7.31. The van der Waals surface area contributed by atoms with E-state index in [9.17, 15) is 9.59 Å². The number of piperazine rings is 1. The van der Waals surface area contributed by atoms with Gasteiger partial charge in [-0.25, -0.2) is 0 Å². The van der Waals surface area contributed by atoms with E-state index in [4.69, 9.17) is 11.6 Å². The second kappa shape index (κ2) is 10.1. The van der Waals surface area contributed by atoms with E-state index in [1.165, 1.54) is 41.9 Å². The number of benzene rings is 1. The third-order valence-corrected chi connectivity index (χ3v) is 7.60. The van der Waals surface area contributed by atoms with Crippen LogP contribution in [0, 0.1) is 11.8 Å². The molecule has 0 unspecified atom stereocenters. The Morgan fingerprint density at radius 1 is 0.967 bits per heavy atom. The molecule has 1 aromatic rings. The standard InChI is InChI=1S/C23H33ClN4O2/c24-20-7-3-4-8-21(20)25-22(29)16-26-11-13-27(14-12-26)17-23(30)28-10-9-18-5-1-2-6-19(18)15-28/h3-4,7-8,18-19H,1-2,5-6,9-17H2,(H,25,29)/p+2/t18-,19+/m1/s1. The monoisotopic (exact) mass is 434 g/mol. The van der Waals surface area contributed by atoms with Gasteiger partial charge in [0.2, 0.25) is 0 Å². The van der Waals surface area contributed by atoms with Gasteiger partial charge in [0.05, 0.1) is 10.7 Å². The van der Waals surface area contributed by atoms with Crippen molar-refractivity contribution in [2.24, 2.45) is 11.8 Å². The zero-order chi connectivity index (χ0) is 20.9. The van der Waals surface area contributed by atoms with Gasteiger partial charge in [0.25, 0.3) is 11.8 Å². The molecule has 2 aliphatic heterocycles. The number of likely N-dealkylation sites (tertiary alicyclic amines) is 1. The number of quaternary nitrogens is 2. The number of hydrogen-bond acceptors (Lipinski definition) is 2. The molecule has 0 bridgehead atoms. The number of nitrogens with one attached hydrogen (secondary N) is 3. The second-order valence-corrected chi connectivity index (χ2v) is 9.72. The average molecular weight is 435 g/mol. The summed E-state index contributed by atoms with van der Waals surface area (Å²) in [5.74, 6) is 1.92. The van der Waals surface area contributed by atoms with Crippen LogP contribution in [0.15, 0.2) is 24.3 Å². The lowest BCUT2D eigenvalue weighted by atomic mass is 9.75. The van der Waals surface area contributed by atoms with Crippen molar-refractivity contribution in [2.75, 3.05) is 57.7 Å². The zero-order valence-corrected chi connectivity index (χ0v) is 18.6. The molecule has 1 aliphatic carbocycles. The number of fused-ring (bicyclic) bond motifs is 1. The van der Waals surface area contributed by atoms with Crippen LogP contribution in [0.2, 0.25) is 5.02 Å². The lowest BCUT2D eigenvalue weighted by molar-refractivity contribution is -1.00. The minimum Gasteiger partial charge on any atom is -0.338 e. The fourth-order valence-corrected chi connectivity index (χ4v) is 5.63. The largest absolute Gasteiger partial charge is 0.338 e. The molecule has 0 spiro atoms. The number of carbonyl (C=O) groups is 2. The molecule has 2 saturated heterocycles. The molecule has 6 nitrogen and oxygen atoms in total. The first kappa shape index (κ1) is 21.6. The van der Waals surface area contributed by atoms with Crippen molar-refractivity contribution in [1.29, 1.82) is 0 Å².